The Labute approximate surface area is 327 Å². The van der Waals surface area contributed by atoms with Gasteiger partial charge in [-0.05, 0) is 64.0 Å². The predicted molar refractivity (Wildman–Crippen MR) is 216 cm³/mol. The summed E-state index contributed by atoms with van der Waals surface area (Å²) < 4.78 is 12.1. The number of rotatable bonds is 5. The van der Waals surface area contributed by atoms with Crippen molar-refractivity contribution in [1.29, 1.82) is 0 Å². The Morgan fingerprint density at radius 1 is 0.500 bits per heavy atom. The molecule has 0 amide bonds. The maximum absolute atomic E-state index is 6.12. The Bertz CT molecular complexity index is 2860. The molecule has 0 N–H and O–H groups in total. The zero-order valence-corrected chi connectivity index (χ0v) is 32.1. The maximum Gasteiger partial charge on any atom is 0.121 e. The van der Waals surface area contributed by atoms with Gasteiger partial charge in [0, 0.05) is 48.7 Å². The van der Waals surface area contributed by atoms with E-state index in [0.717, 1.165) is 66.4 Å². The van der Waals surface area contributed by atoms with Crippen molar-refractivity contribution < 1.29 is 28.9 Å². The molecule has 0 atom stereocenters. The second-order valence-electron chi connectivity index (χ2n) is 13.6. The van der Waals surface area contributed by atoms with E-state index in [2.05, 4.69) is 128 Å². The first-order chi connectivity index (χ1) is 26.0. The van der Waals surface area contributed by atoms with Crippen LogP contribution >= 0.6 is 0 Å². The van der Waals surface area contributed by atoms with Crippen LogP contribution in [-0.4, -0.2) is 9.97 Å². The fraction of sp³-hybridized carbons (Fsp3) is 0.0612. The van der Waals surface area contributed by atoms with E-state index in [1.165, 1.54) is 22.3 Å². The molecule has 0 unspecified atom stereocenters. The van der Waals surface area contributed by atoms with Crippen molar-refractivity contribution in [2.45, 2.75) is 19.3 Å². The molecule has 0 fully saturated rings. The van der Waals surface area contributed by atoms with Crippen molar-refractivity contribution in [3.8, 4) is 33.6 Å². The van der Waals surface area contributed by atoms with Crippen LogP contribution in [0.4, 0.5) is 0 Å². The molecule has 0 bridgehead atoms. The van der Waals surface area contributed by atoms with Gasteiger partial charge in [-0.1, -0.05) is 133 Å². The molecule has 10 rings (SSSR count). The van der Waals surface area contributed by atoms with Crippen molar-refractivity contribution in [3.05, 3.63) is 193 Å². The number of pyridine rings is 2. The second-order valence-corrected chi connectivity index (χ2v) is 13.6. The third kappa shape index (κ3) is 6.54. The van der Waals surface area contributed by atoms with E-state index in [0.29, 0.717) is 0 Å². The zero-order chi connectivity index (χ0) is 35.8. The Hall–Kier alpha value is -6.13. The molecule has 0 aliphatic carbocycles. The van der Waals surface area contributed by atoms with Gasteiger partial charge in [-0.15, -0.1) is 42.0 Å². The van der Waals surface area contributed by atoms with Gasteiger partial charge in [-0.2, -0.15) is 0 Å². The van der Waals surface area contributed by atoms with Crippen molar-refractivity contribution in [1.82, 2.24) is 9.97 Å². The third-order valence-electron chi connectivity index (χ3n) is 10.0. The number of furan rings is 2. The van der Waals surface area contributed by atoms with Crippen molar-refractivity contribution in [2.75, 3.05) is 0 Å². The summed E-state index contributed by atoms with van der Waals surface area (Å²) in [5.41, 5.74) is 11.9. The molecule has 0 aliphatic heterocycles. The van der Waals surface area contributed by atoms with Gasteiger partial charge >= 0.3 is 0 Å². The van der Waals surface area contributed by atoms with E-state index in [1.54, 1.807) is 6.20 Å². The smallest absolute Gasteiger partial charge is 0.121 e. The fourth-order valence-corrected chi connectivity index (χ4v) is 7.06. The van der Waals surface area contributed by atoms with Crippen LogP contribution in [0.2, 0.25) is 0 Å². The Balaban J connectivity index is 0.000000175. The van der Waals surface area contributed by atoms with E-state index >= 15 is 0 Å². The van der Waals surface area contributed by atoms with Crippen LogP contribution in [0.3, 0.4) is 0 Å². The molecule has 5 heteroatoms. The number of hydrogen-bond donors (Lipinski definition) is 0. The number of fused-ring (bicyclic) bond motifs is 6. The summed E-state index contributed by atoms with van der Waals surface area (Å²) in [5.74, 6) is 0. The van der Waals surface area contributed by atoms with Crippen LogP contribution in [0.5, 0.6) is 0 Å². The van der Waals surface area contributed by atoms with Crippen molar-refractivity contribution in [2.24, 2.45) is 0 Å². The van der Waals surface area contributed by atoms with Gasteiger partial charge in [0.1, 0.15) is 11.2 Å². The molecule has 0 saturated carbocycles. The number of aromatic nitrogens is 2. The summed E-state index contributed by atoms with van der Waals surface area (Å²) >= 11 is 0. The van der Waals surface area contributed by atoms with Gasteiger partial charge in [-0.3, -0.25) is 0 Å². The summed E-state index contributed by atoms with van der Waals surface area (Å²) in [6.45, 7) is 4.51. The average molecular weight is 875 g/mol. The summed E-state index contributed by atoms with van der Waals surface area (Å²) in [4.78, 5) is 9.07. The predicted octanol–water partition coefficient (Wildman–Crippen LogP) is 12.9. The minimum atomic E-state index is -0.129. The van der Waals surface area contributed by atoms with Gasteiger partial charge in [-0.25, -0.2) is 0 Å². The summed E-state index contributed by atoms with van der Waals surface area (Å²) in [7, 11) is 0. The largest absolute Gasteiger partial charge is 0.501 e. The minimum Gasteiger partial charge on any atom is -0.501 e. The van der Waals surface area contributed by atoms with Crippen LogP contribution in [0.1, 0.15) is 25.0 Å². The zero-order valence-electron chi connectivity index (χ0n) is 29.7. The van der Waals surface area contributed by atoms with Crippen molar-refractivity contribution in [3.63, 3.8) is 0 Å². The number of hydrogen-bond acceptors (Lipinski definition) is 4. The molecule has 0 saturated heterocycles. The standard InChI is InChI=1S/C32H24NO.C17H10NO.Ir/c1-32(2,25-11-7-4-8-12-25)26-17-18-33-29(21-26)24-14-16-31-28(20-24)27-19-23(13-15-30(27)34-31)22-9-5-3-6-10-22;1-2-10-16-12(6-1)13-7-5-8-14(17(13)19-16)15-9-3-4-11-18-15;/h3-13,15-21H,1-2H3;1-7,9-11H;/q2*-1;. The van der Waals surface area contributed by atoms with E-state index < -0.39 is 0 Å². The molecule has 10 aromatic rings. The third-order valence-corrected chi connectivity index (χ3v) is 10.0. The van der Waals surface area contributed by atoms with Crippen LogP contribution < -0.4 is 0 Å². The molecule has 4 heterocycles. The molecule has 263 valence electrons. The average Bonchev–Trinajstić information content (AvgIpc) is 3.80. The quantitative estimate of drug-likeness (QED) is 0.162. The van der Waals surface area contributed by atoms with Gasteiger partial charge < -0.3 is 18.8 Å². The Morgan fingerprint density at radius 2 is 1.22 bits per heavy atom. The maximum atomic E-state index is 6.12. The van der Waals surface area contributed by atoms with E-state index in [4.69, 9.17) is 13.8 Å². The molecule has 0 spiro atoms. The van der Waals surface area contributed by atoms with E-state index in [9.17, 15) is 0 Å². The molecule has 6 aromatic carbocycles. The van der Waals surface area contributed by atoms with Gasteiger partial charge in [0.2, 0.25) is 0 Å². The number of para-hydroxylation sites is 1. The second kappa shape index (κ2) is 14.7. The normalized spacial score (nSPS) is 11.4. The summed E-state index contributed by atoms with van der Waals surface area (Å²) in [6, 6.07) is 60.3. The Morgan fingerprint density at radius 3 is 2.04 bits per heavy atom. The number of nitrogens with zero attached hydrogens (tertiary/aromatic N) is 2. The molecular weight excluding hydrogens is 841 g/mol. The van der Waals surface area contributed by atoms with Crippen LogP contribution in [0, 0.1) is 12.1 Å². The van der Waals surface area contributed by atoms with Gasteiger partial charge in [0.15, 0.2) is 0 Å². The van der Waals surface area contributed by atoms with Gasteiger partial charge in [0.25, 0.3) is 0 Å². The molecule has 4 nitrogen and oxygen atoms in total. The van der Waals surface area contributed by atoms with E-state index in [1.807, 2.05) is 66.9 Å². The first-order valence-electron chi connectivity index (χ1n) is 17.7. The Kier molecular flexibility index (Phi) is 9.52. The van der Waals surface area contributed by atoms with Crippen LogP contribution in [0.15, 0.2) is 179 Å². The fourth-order valence-electron chi connectivity index (χ4n) is 7.06. The number of benzene rings is 6. The molecular formula is C49H34IrN2O2-2. The minimum absolute atomic E-state index is 0. The summed E-state index contributed by atoms with van der Waals surface area (Å²) in [5, 5.41) is 4.42. The van der Waals surface area contributed by atoms with E-state index in [-0.39, 0.29) is 25.5 Å². The van der Waals surface area contributed by atoms with Gasteiger partial charge in [0.05, 0.1) is 11.2 Å². The first-order valence-corrected chi connectivity index (χ1v) is 17.7. The molecule has 1 radical (unpaired) electrons. The first kappa shape index (κ1) is 34.9. The van der Waals surface area contributed by atoms with Crippen LogP contribution in [0.25, 0.3) is 77.5 Å². The SMILES string of the molecule is CC(C)(c1ccccc1)c1ccnc(-c2[c-]cc3oc4ccc(-c5ccccc5)cc4c3c2)c1.[Ir].[c-]1ccc2c(oc3ccccc32)c1-c1ccccn1. The molecule has 4 aromatic heterocycles. The monoisotopic (exact) mass is 875 g/mol. The van der Waals surface area contributed by atoms with Crippen LogP contribution in [-0.2, 0) is 25.5 Å². The molecule has 0 aliphatic rings. The topological polar surface area (TPSA) is 52.1 Å². The summed E-state index contributed by atoms with van der Waals surface area (Å²) in [6.07, 6.45) is 3.68. The molecule has 54 heavy (non-hydrogen) atoms. The van der Waals surface area contributed by atoms with Crippen molar-refractivity contribution >= 4 is 43.9 Å².